The number of hydrogen-bond donors (Lipinski definition) is 0. The predicted molar refractivity (Wildman–Crippen MR) is 65.5 cm³/mol. The molecule has 88 valence electrons. The van der Waals surface area contributed by atoms with E-state index in [9.17, 15) is 0 Å². The first-order chi connectivity index (χ1) is 8.27. The first-order valence-electron chi connectivity index (χ1n) is 5.81. The maximum Gasteiger partial charge on any atom is 0.115 e. The van der Waals surface area contributed by atoms with Crippen molar-refractivity contribution in [2.24, 2.45) is 0 Å². The van der Waals surface area contributed by atoms with E-state index >= 15 is 0 Å². The van der Waals surface area contributed by atoms with Gasteiger partial charge < -0.3 is 0 Å². The third-order valence-corrected chi connectivity index (χ3v) is 2.91. The largest absolute Gasteiger partial charge is 0.245 e. The topological polar surface area (TPSA) is 51.6 Å². The minimum absolute atomic E-state index is 0.383. The molecule has 17 heavy (non-hydrogen) atoms. The Bertz CT molecular complexity index is 400. The normalized spacial score (nSPS) is 14.2. The second kappa shape index (κ2) is 5.48. The predicted octanol–water partition coefficient (Wildman–Crippen LogP) is 2.56. The lowest BCUT2D eigenvalue weighted by atomic mass is 9.92. The Morgan fingerprint density at radius 2 is 1.88 bits per heavy atom. The summed E-state index contributed by atoms with van der Waals surface area (Å²) in [6.45, 7) is 4.34. The van der Waals surface area contributed by atoms with Crippen LogP contribution < -0.4 is 0 Å². The van der Waals surface area contributed by atoms with E-state index in [2.05, 4.69) is 34.0 Å². The van der Waals surface area contributed by atoms with Crippen LogP contribution in [0.1, 0.15) is 43.5 Å². The smallest absolute Gasteiger partial charge is 0.115 e. The molecule has 0 amide bonds. The van der Waals surface area contributed by atoms with Crippen molar-refractivity contribution in [3.63, 3.8) is 0 Å². The lowest BCUT2D eigenvalue weighted by Crippen LogP contribution is -2.05. The Hall–Kier alpha value is -1.84. The third-order valence-electron chi connectivity index (χ3n) is 2.91. The van der Waals surface area contributed by atoms with Crippen LogP contribution in [0.15, 0.2) is 36.9 Å². The van der Waals surface area contributed by atoms with E-state index in [-0.39, 0.29) is 0 Å². The van der Waals surface area contributed by atoms with Crippen LogP contribution in [-0.4, -0.2) is 20.2 Å². The Morgan fingerprint density at radius 3 is 2.53 bits per heavy atom. The molecular formula is C13H16N4. The van der Waals surface area contributed by atoms with Gasteiger partial charge in [-0.3, -0.25) is 0 Å². The average Bonchev–Trinajstić information content (AvgIpc) is 2.40. The Morgan fingerprint density at radius 1 is 1.06 bits per heavy atom. The van der Waals surface area contributed by atoms with Gasteiger partial charge in [-0.25, -0.2) is 9.97 Å². The summed E-state index contributed by atoms with van der Waals surface area (Å²) in [4.78, 5) is 8.21. The van der Waals surface area contributed by atoms with Gasteiger partial charge in [-0.2, -0.15) is 10.2 Å². The van der Waals surface area contributed by atoms with Crippen molar-refractivity contribution in [2.45, 2.75) is 32.1 Å². The molecule has 0 bridgehead atoms. The van der Waals surface area contributed by atoms with Crippen LogP contribution in [0.4, 0.5) is 0 Å². The van der Waals surface area contributed by atoms with Crippen molar-refractivity contribution in [1.82, 2.24) is 20.2 Å². The highest BCUT2D eigenvalue weighted by molar-refractivity contribution is 5.10. The van der Waals surface area contributed by atoms with Gasteiger partial charge in [0.1, 0.15) is 6.33 Å². The van der Waals surface area contributed by atoms with Gasteiger partial charge in [0.05, 0.1) is 5.69 Å². The highest BCUT2D eigenvalue weighted by atomic mass is 15.1. The lowest BCUT2D eigenvalue weighted by Gasteiger charge is -2.15. The monoisotopic (exact) mass is 228 g/mol. The van der Waals surface area contributed by atoms with Gasteiger partial charge in [-0.05, 0) is 30.5 Å². The molecule has 2 unspecified atom stereocenters. The minimum atomic E-state index is 0.383. The molecule has 2 heterocycles. The minimum Gasteiger partial charge on any atom is -0.245 e. The van der Waals surface area contributed by atoms with Crippen molar-refractivity contribution in [1.29, 1.82) is 0 Å². The Kier molecular flexibility index (Phi) is 3.75. The number of hydrogen-bond acceptors (Lipinski definition) is 4. The number of nitrogens with zero attached hydrogens (tertiary/aromatic N) is 4. The van der Waals surface area contributed by atoms with E-state index in [1.165, 1.54) is 0 Å². The van der Waals surface area contributed by atoms with Crippen LogP contribution in [-0.2, 0) is 0 Å². The zero-order valence-corrected chi connectivity index (χ0v) is 10.1. The van der Waals surface area contributed by atoms with Gasteiger partial charge in [0.2, 0.25) is 0 Å². The summed E-state index contributed by atoms with van der Waals surface area (Å²) in [6.07, 6.45) is 6.09. The molecule has 0 aliphatic rings. The van der Waals surface area contributed by atoms with Crippen molar-refractivity contribution < 1.29 is 0 Å². The highest BCUT2D eigenvalue weighted by Crippen LogP contribution is 2.26. The molecule has 4 nitrogen and oxygen atoms in total. The molecule has 0 saturated carbocycles. The number of aromatic nitrogens is 4. The van der Waals surface area contributed by atoms with Gasteiger partial charge in [0.25, 0.3) is 0 Å². The van der Waals surface area contributed by atoms with Crippen LogP contribution in [0.3, 0.4) is 0 Å². The average molecular weight is 228 g/mol. The van der Waals surface area contributed by atoms with E-state index in [4.69, 9.17) is 0 Å². The van der Waals surface area contributed by atoms with Crippen molar-refractivity contribution in [3.8, 4) is 0 Å². The summed E-state index contributed by atoms with van der Waals surface area (Å²) < 4.78 is 0. The quantitative estimate of drug-likeness (QED) is 0.807. The SMILES string of the molecule is CC(CC(C)c1cccnn1)c1ccncn1. The van der Waals surface area contributed by atoms with E-state index in [0.717, 1.165) is 17.8 Å². The molecule has 0 saturated heterocycles. The van der Waals surface area contributed by atoms with E-state index < -0.39 is 0 Å². The van der Waals surface area contributed by atoms with Crippen LogP contribution in [0.5, 0.6) is 0 Å². The van der Waals surface area contributed by atoms with Crippen LogP contribution in [0.2, 0.25) is 0 Å². The Balaban J connectivity index is 2.02. The molecule has 0 fully saturated rings. The molecule has 2 rings (SSSR count). The molecule has 0 spiro atoms. The molecule has 0 N–H and O–H groups in total. The van der Waals surface area contributed by atoms with Crippen molar-refractivity contribution >= 4 is 0 Å². The van der Waals surface area contributed by atoms with Crippen LogP contribution in [0, 0.1) is 0 Å². The van der Waals surface area contributed by atoms with Crippen molar-refractivity contribution in [3.05, 3.63) is 48.3 Å². The molecular weight excluding hydrogens is 212 g/mol. The summed E-state index contributed by atoms with van der Waals surface area (Å²) in [5.41, 5.74) is 2.11. The van der Waals surface area contributed by atoms with Crippen molar-refractivity contribution in [2.75, 3.05) is 0 Å². The molecule has 2 aromatic heterocycles. The molecule has 2 atom stereocenters. The molecule has 0 aromatic carbocycles. The summed E-state index contributed by atoms with van der Waals surface area (Å²) >= 11 is 0. The lowest BCUT2D eigenvalue weighted by molar-refractivity contribution is 0.565. The molecule has 2 aromatic rings. The fourth-order valence-electron chi connectivity index (χ4n) is 1.94. The number of rotatable bonds is 4. The van der Waals surface area contributed by atoms with Gasteiger partial charge in [0.15, 0.2) is 0 Å². The standard InChI is InChI=1S/C13H16N4/c1-10(12-5-7-14-9-15-12)8-11(2)13-4-3-6-16-17-13/h3-7,9-11H,8H2,1-2H3. The maximum atomic E-state index is 4.28. The first-order valence-corrected chi connectivity index (χ1v) is 5.81. The van der Waals surface area contributed by atoms with E-state index in [1.54, 1.807) is 18.7 Å². The molecule has 4 heteroatoms. The first kappa shape index (κ1) is 11.6. The second-order valence-corrected chi connectivity index (χ2v) is 4.32. The Labute approximate surface area is 101 Å². The molecule has 0 radical (unpaired) electrons. The maximum absolute atomic E-state index is 4.28. The molecule has 0 aliphatic heterocycles. The summed E-state index contributed by atoms with van der Waals surface area (Å²) in [5, 5.41) is 8.05. The summed E-state index contributed by atoms with van der Waals surface area (Å²) in [5.74, 6) is 0.781. The summed E-state index contributed by atoms with van der Waals surface area (Å²) in [6, 6.07) is 5.91. The fourth-order valence-corrected chi connectivity index (χ4v) is 1.94. The zero-order valence-electron chi connectivity index (χ0n) is 10.1. The summed E-state index contributed by atoms with van der Waals surface area (Å²) in [7, 11) is 0. The van der Waals surface area contributed by atoms with E-state index in [0.29, 0.717) is 11.8 Å². The van der Waals surface area contributed by atoms with Crippen LogP contribution in [0.25, 0.3) is 0 Å². The third kappa shape index (κ3) is 3.06. The van der Waals surface area contributed by atoms with E-state index in [1.807, 2.05) is 18.2 Å². The highest BCUT2D eigenvalue weighted by Gasteiger charge is 2.14. The van der Waals surface area contributed by atoms with Gasteiger partial charge in [-0.1, -0.05) is 13.8 Å². The van der Waals surface area contributed by atoms with Crippen LogP contribution >= 0.6 is 0 Å². The molecule has 0 aliphatic carbocycles. The fraction of sp³-hybridized carbons (Fsp3) is 0.385. The zero-order chi connectivity index (χ0) is 12.1. The van der Waals surface area contributed by atoms with Gasteiger partial charge in [0, 0.05) is 24.0 Å². The second-order valence-electron chi connectivity index (χ2n) is 4.32. The van der Waals surface area contributed by atoms with Gasteiger partial charge in [-0.15, -0.1) is 0 Å². The van der Waals surface area contributed by atoms with Gasteiger partial charge >= 0.3 is 0 Å².